The van der Waals surface area contributed by atoms with Crippen molar-refractivity contribution in [2.45, 2.75) is 44.4 Å². The highest BCUT2D eigenvalue weighted by molar-refractivity contribution is 5.70. The lowest BCUT2D eigenvalue weighted by molar-refractivity contribution is 0.395. The molecule has 0 saturated carbocycles. The molecule has 0 radical (unpaired) electrons. The Morgan fingerprint density at radius 2 is 1.22 bits per heavy atom. The highest BCUT2D eigenvalue weighted by Gasteiger charge is 2.47. The minimum absolute atomic E-state index is 0.0220. The molecule has 1 nitrogen and oxygen atoms in total. The number of methoxy groups -OCH3 is 1. The number of benzene rings is 3. The summed E-state index contributed by atoms with van der Waals surface area (Å²) in [6.45, 7) is 9.40. The molecule has 136 valence electrons. The first-order chi connectivity index (χ1) is 12.9. The monoisotopic (exact) mass is 354 g/mol. The molecule has 0 aromatic heterocycles. The molecule has 2 aliphatic rings. The van der Waals surface area contributed by atoms with Crippen LogP contribution in [0.5, 0.6) is 5.75 Å². The first kappa shape index (κ1) is 16.6. The fraction of sp³-hybridized carbons (Fsp3) is 0.308. The lowest BCUT2D eigenvalue weighted by Crippen LogP contribution is -2.37. The molecule has 0 bridgehead atoms. The van der Waals surface area contributed by atoms with Gasteiger partial charge in [-0.25, -0.2) is 0 Å². The molecule has 1 unspecified atom stereocenters. The van der Waals surface area contributed by atoms with Crippen molar-refractivity contribution in [3.05, 3.63) is 99.6 Å². The summed E-state index contributed by atoms with van der Waals surface area (Å²) in [4.78, 5) is 0. The molecule has 0 saturated heterocycles. The maximum absolute atomic E-state index is 5.89. The number of fused-ring (bicyclic) bond motifs is 4. The van der Waals surface area contributed by atoms with Crippen LogP contribution in [0.2, 0.25) is 0 Å². The molecule has 0 fully saturated rings. The normalized spacial score (nSPS) is 20.3. The van der Waals surface area contributed by atoms with Crippen molar-refractivity contribution in [1.82, 2.24) is 0 Å². The van der Waals surface area contributed by atoms with Crippen LogP contribution in [0.15, 0.2) is 60.7 Å². The number of hydrogen-bond acceptors (Lipinski definition) is 1. The first-order valence-electron chi connectivity index (χ1n) is 9.79. The zero-order valence-electron chi connectivity index (χ0n) is 16.8. The summed E-state index contributed by atoms with van der Waals surface area (Å²) in [6, 6.07) is 22.4. The molecular weight excluding hydrogens is 328 g/mol. The van der Waals surface area contributed by atoms with E-state index in [0.717, 1.165) is 5.75 Å². The second kappa shape index (κ2) is 5.25. The summed E-state index contributed by atoms with van der Waals surface area (Å²) >= 11 is 0. The Hall–Kier alpha value is -2.54. The van der Waals surface area contributed by atoms with E-state index in [1.807, 2.05) is 0 Å². The third kappa shape index (κ3) is 1.95. The Labute approximate surface area is 162 Å². The molecule has 3 aromatic carbocycles. The summed E-state index contributed by atoms with van der Waals surface area (Å²) in [5.74, 6) is 1.28. The van der Waals surface area contributed by atoms with E-state index in [1.54, 1.807) is 7.11 Å². The van der Waals surface area contributed by atoms with Crippen molar-refractivity contribution in [2.24, 2.45) is 0 Å². The van der Waals surface area contributed by atoms with Gasteiger partial charge >= 0.3 is 0 Å². The van der Waals surface area contributed by atoms with Gasteiger partial charge < -0.3 is 4.74 Å². The Balaban J connectivity index is 1.99. The van der Waals surface area contributed by atoms with E-state index in [9.17, 15) is 0 Å². The van der Waals surface area contributed by atoms with Crippen molar-refractivity contribution < 1.29 is 4.74 Å². The van der Waals surface area contributed by atoms with Gasteiger partial charge in [-0.05, 0) is 39.4 Å². The van der Waals surface area contributed by atoms with Crippen LogP contribution in [0, 0.1) is 0 Å². The van der Waals surface area contributed by atoms with E-state index in [1.165, 1.54) is 38.9 Å². The summed E-state index contributed by atoms with van der Waals surface area (Å²) < 4.78 is 5.89. The van der Waals surface area contributed by atoms with Crippen LogP contribution in [0.1, 0.15) is 72.6 Å². The quantitative estimate of drug-likeness (QED) is 0.509. The maximum atomic E-state index is 5.89. The van der Waals surface area contributed by atoms with Gasteiger partial charge in [0.05, 0.1) is 7.11 Å². The van der Waals surface area contributed by atoms with E-state index in [2.05, 4.69) is 88.4 Å². The minimum atomic E-state index is -0.0911. The minimum Gasteiger partial charge on any atom is -0.496 e. The van der Waals surface area contributed by atoms with Crippen LogP contribution >= 0.6 is 0 Å². The maximum Gasteiger partial charge on any atom is 0.123 e. The zero-order valence-corrected chi connectivity index (χ0v) is 16.8. The van der Waals surface area contributed by atoms with Gasteiger partial charge in [0.2, 0.25) is 0 Å². The third-order valence-corrected chi connectivity index (χ3v) is 6.90. The average Bonchev–Trinajstić information content (AvgIpc) is 2.67. The van der Waals surface area contributed by atoms with Gasteiger partial charge in [-0.3, -0.25) is 0 Å². The Morgan fingerprint density at radius 3 is 1.81 bits per heavy atom. The molecule has 0 spiro atoms. The molecule has 0 aliphatic heterocycles. The van der Waals surface area contributed by atoms with Gasteiger partial charge in [-0.15, -0.1) is 0 Å². The van der Waals surface area contributed by atoms with Crippen LogP contribution in [-0.2, 0) is 10.8 Å². The van der Waals surface area contributed by atoms with Crippen molar-refractivity contribution in [3.8, 4) is 5.75 Å². The predicted octanol–water partition coefficient (Wildman–Crippen LogP) is 6.15. The molecule has 3 aromatic rings. The number of rotatable bonds is 1. The molecule has 5 rings (SSSR count). The van der Waals surface area contributed by atoms with E-state index >= 15 is 0 Å². The van der Waals surface area contributed by atoms with Crippen molar-refractivity contribution in [1.29, 1.82) is 0 Å². The number of hydrogen-bond donors (Lipinski definition) is 0. The highest BCUT2D eigenvalue weighted by atomic mass is 16.5. The van der Waals surface area contributed by atoms with Crippen molar-refractivity contribution in [2.75, 3.05) is 7.11 Å². The standard InChI is InChI=1S/C26H26O/c1-25(2)18-12-8-6-10-16(18)22-17-11-7-9-13-19(17)26(3,4)24-21(27-5)15-14-20(25)23(22)24/h6-15,22H,1-5H3. The molecular formula is C26H26O. The Morgan fingerprint density at radius 1 is 0.667 bits per heavy atom. The lowest BCUT2D eigenvalue weighted by atomic mass is 9.56. The topological polar surface area (TPSA) is 9.23 Å². The first-order valence-corrected chi connectivity index (χ1v) is 9.79. The van der Waals surface area contributed by atoms with Gasteiger partial charge in [0, 0.05) is 22.3 Å². The van der Waals surface area contributed by atoms with Gasteiger partial charge in [0.25, 0.3) is 0 Å². The molecule has 27 heavy (non-hydrogen) atoms. The van der Waals surface area contributed by atoms with Crippen LogP contribution < -0.4 is 4.74 Å². The average molecular weight is 354 g/mol. The summed E-state index contributed by atoms with van der Waals surface area (Å²) in [6.07, 6.45) is 0. The van der Waals surface area contributed by atoms with E-state index in [0.29, 0.717) is 0 Å². The van der Waals surface area contributed by atoms with Crippen LogP contribution in [0.3, 0.4) is 0 Å². The predicted molar refractivity (Wildman–Crippen MR) is 111 cm³/mol. The van der Waals surface area contributed by atoms with Gasteiger partial charge in [0.15, 0.2) is 0 Å². The van der Waals surface area contributed by atoms with E-state index in [4.69, 9.17) is 4.74 Å². The van der Waals surface area contributed by atoms with Gasteiger partial charge in [-0.2, -0.15) is 0 Å². The fourth-order valence-corrected chi connectivity index (χ4v) is 5.65. The molecule has 2 aliphatic carbocycles. The summed E-state index contributed by atoms with van der Waals surface area (Å²) in [5.41, 5.74) is 9.86. The SMILES string of the molecule is COc1ccc2c3c1C(C)(C)c1ccccc1C3c1ccccc1C2(C)C. The van der Waals surface area contributed by atoms with E-state index in [-0.39, 0.29) is 16.7 Å². The van der Waals surface area contributed by atoms with Crippen molar-refractivity contribution in [3.63, 3.8) is 0 Å². The molecule has 1 atom stereocenters. The zero-order chi connectivity index (χ0) is 19.0. The van der Waals surface area contributed by atoms with Crippen LogP contribution in [0.4, 0.5) is 0 Å². The molecule has 0 amide bonds. The molecule has 1 heteroatoms. The smallest absolute Gasteiger partial charge is 0.123 e. The number of ether oxygens (including phenoxy) is 1. The van der Waals surface area contributed by atoms with Crippen molar-refractivity contribution >= 4 is 0 Å². The Bertz CT molecular complexity index is 1060. The summed E-state index contributed by atoms with van der Waals surface area (Å²) in [5, 5.41) is 0. The van der Waals surface area contributed by atoms with Crippen LogP contribution in [-0.4, -0.2) is 7.11 Å². The second-order valence-electron chi connectivity index (χ2n) is 8.96. The third-order valence-electron chi connectivity index (χ3n) is 6.90. The van der Waals surface area contributed by atoms with E-state index < -0.39 is 0 Å². The second-order valence-corrected chi connectivity index (χ2v) is 8.96. The summed E-state index contributed by atoms with van der Waals surface area (Å²) in [7, 11) is 1.80. The largest absolute Gasteiger partial charge is 0.496 e. The van der Waals surface area contributed by atoms with Crippen LogP contribution in [0.25, 0.3) is 0 Å². The molecule has 0 N–H and O–H groups in total. The Kier molecular flexibility index (Phi) is 3.23. The van der Waals surface area contributed by atoms with Gasteiger partial charge in [0.1, 0.15) is 5.75 Å². The van der Waals surface area contributed by atoms with Gasteiger partial charge in [-0.1, -0.05) is 82.3 Å². The fourth-order valence-electron chi connectivity index (χ4n) is 5.65. The molecule has 0 heterocycles. The highest BCUT2D eigenvalue weighted by Crippen LogP contribution is 2.58. The lowest BCUT2D eigenvalue weighted by Gasteiger charge is -2.47.